The van der Waals surface area contributed by atoms with Crippen molar-refractivity contribution in [1.82, 2.24) is 9.97 Å². The number of carboxylic acid groups (broad SMARTS) is 1. The minimum atomic E-state index is -5.01. The predicted molar refractivity (Wildman–Crippen MR) is 152 cm³/mol. The van der Waals surface area contributed by atoms with E-state index in [-0.39, 0.29) is 62.1 Å². The van der Waals surface area contributed by atoms with Crippen LogP contribution in [0.15, 0.2) is 91.3 Å². The molecule has 0 fully saturated rings. The molecular formula is C31H18N2O10S. The zero-order valence-corrected chi connectivity index (χ0v) is 23.0. The molecule has 12 nitrogen and oxygen atoms in total. The van der Waals surface area contributed by atoms with Gasteiger partial charge in [-0.2, -0.15) is 8.42 Å². The van der Waals surface area contributed by atoms with E-state index in [1.165, 1.54) is 42.6 Å². The van der Waals surface area contributed by atoms with Crippen LogP contribution in [0, 0.1) is 0 Å². The highest BCUT2D eigenvalue weighted by Crippen LogP contribution is 2.59. The molecule has 4 heterocycles. The molecule has 2 aliphatic heterocycles. The van der Waals surface area contributed by atoms with Crippen molar-refractivity contribution in [1.29, 1.82) is 0 Å². The quantitative estimate of drug-likeness (QED) is 0.180. The summed E-state index contributed by atoms with van der Waals surface area (Å²) in [5.41, 5.74) is -0.135. The lowest BCUT2D eigenvalue weighted by molar-refractivity contribution is 0.0224. The van der Waals surface area contributed by atoms with Crippen molar-refractivity contribution in [2.45, 2.75) is 5.60 Å². The Morgan fingerprint density at radius 1 is 0.795 bits per heavy atom. The molecule has 0 saturated carbocycles. The van der Waals surface area contributed by atoms with E-state index in [2.05, 4.69) is 9.97 Å². The van der Waals surface area contributed by atoms with Gasteiger partial charge in [-0.3, -0.25) is 14.5 Å². The number of pyridine rings is 2. The fourth-order valence-corrected chi connectivity index (χ4v) is 5.91. The number of hydrogen-bond donors (Lipinski definition) is 3. The van der Waals surface area contributed by atoms with Crippen LogP contribution >= 0.6 is 0 Å². The van der Waals surface area contributed by atoms with Crippen molar-refractivity contribution < 1.29 is 46.4 Å². The second-order valence-electron chi connectivity index (χ2n) is 9.89. The molecule has 3 N–H and O–H groups in total. The first-order chi connectivity index (χ1) is 21.0. The first kappa shape index (κ1) is 27.1. The molecule has 44 heavy (non-hydrogen) atoms. The molecule has 0 radical (unpaired) electrons. The molecule has 2 aliphatic rings. The number of phenols is 1. The lowest BCUT2D eigenvalue weighted by Crippen LogP contribution is -2.33. The number of esters is 1. The lowest BCUT2D eigenvalue weighted by Gasteiger charge is -2.37. The molecule has 5 aromatic rings. The van der Waals surface area contributed by atoms with Gasteiger partial charge in [0, 0.05) is 52.3 Å². The molecule has 0 saturated heterocycles. The third kappa shape index (κ3) is 4.21. The summed E-state index contributed by atoms with van der Waals surface area (Å²) in [5.74, 6) is -2.63. The van der Waals surface area contributed by atoms with Crippen LogP contribution in [0.1, 0.15) is 37.4 Å². The van der Waals surface area contributed by atoms with Crippen molar-refractivity contribution in [2.24, 2.45) is 0 Å². The second kappa shape index (κ2) is 9.62. The summed E-state index contributed by atoms with van der Waals surface area (Å²) in [4.78, 5) is 33.9. The molecule has 1 spiro atoms. The summed E-state index contributed by atoms with van der Waals surface area (Å²) < 4.78 is 50.4. The second-order valence-corrected chi connectivity index (χ2v) is 10.9. The number of nitrogens with zero attached hydrogens (tertiary/aromatic N) is 2. The maximum atomic E-state index is 13.5. The number of fused-ring (bicyclic) bond motifs is 6. The Morgan fingerprint density at radius 2 is 1.43 bits per heavy atom. The number of aromatic carboxylic acids is 1. The Labute approximate surface area is 248 Å². The van der Waals surface area contributed by atoms with Crippen molar-refractivity contribution in [3.63, 3.8) is 0 Å². The van der Waals surface area contributed by atoms with Crippen LogP contribution in [0.25, 0.3) is 22.5 Å². The summed E-state index contributed by atoms with van der Waals surface area (Å²) in [6.45, 7) is 0. The number of aromatic nitrogens is 2. The highest BCUT2D eigenvalue weighted by Gasteiger charge is 2.54. The van der Waals surface area contributed by atoms with Gasteiger partial charge in [0.1, 0.15) is 17.2 Å². The summed E-state index contributed by atoms with van der Waals surface area (Å²) in [5, 5.41) is 20.6. The Kier molecular flexibility index (Phi) is 5.92. The van der Waals surface area contributed by atoms with Gasteiger partial charge in [-0.25, -0.2) is 9.59 Å². The average molecular weight is 611 g/mol. The number of aromatic hydroxyl groups is 1. The van der Waals surface area contributed by atoms with Crippen LogP contribution in [0.2, 0.25) is 0 Å². The van der Waals surface area contributed by atoms with Gasteiger partial charge in [0.25, 0.3) is 0 Å². The molecular weight excluding hydrogens is 592 g/mol. The van der Waals surface area contributed by atoms with Crippen LogP contribution in [-0.4, -0.2) is 45.1 Å². The molecule has 0 aliphatic carbocycles. The van der Waals surface area contributed by atoms with Crippen LogP contribution < -0.4 is 8.92 Å². The van der Waals surface area contributed by atoms with Crippen molar-refractivity contribution in [3.05, 3.63) is 119 Å². The van der Waals surface area contributed by atoms with Crippen LogP contribution in [-0.2, 0) is 20.7 Å². The zero-order chi connectivity index (χ0) is 30.8. The zero-order valence-electron chi connectivity index (χ0n) is 22.2. The predicted octanol–water partition coefficient (Wildman–Crippen LogP) is 4.96. The standard InChI is InChI=1S/C31H18N2O10S/c34-25-14-27-21(12-18(25)23-5-1-3-9-32-23)31(20-8-7-16(29(35)36)11-17(20)30(37)42-31)22-13-19(24-6-2-4-10-33-24)26(15-28(22)41-27)43-44(38,39)40/h1-15,34H,(H,35,36)(H,38,39,40). The van der Waals surface area contributed by atoms with E-state index in [9.17, 15) is 32.8 Å². The lowest BCUT2D eigenvalue weighted by atomic mass is 9.76. The average Bonchev–Trinajstić information content (AvgIpc) is 3.28. The molecule has 1 unspecified atom stereocenters. The van der Waals surface area contributed by atoms with Crippen LogP contribution in [0.4, 0.5) is 0 Å². The van der Waals surface area contributed by atoms with E-state index < -0.39 is 27.9 Å². The molecule has 2 aromatic heterocycles. The molecule has 13 heteroatoms. The molecule has 7 rings (SSSR count). The Morgan fingerprint density at radius 3 is 2.05 bits per heavy atom. The van der Waals surface area contributed by atoms with Gasteiger partial charge in [0.15, 0.2) is 11.4 Å². The molecule has 3 aromatic carbocycles. The van der Waals surface area contributed by atoms with Crippen LogP contribution in [0.3, 0.4) is 0 Å². The van der Waals surface area contributed by atoms with Gasteiger partial charge in [-0.15, -0.1) is 0 Å². The number of rotatable bonds is 5. The van der Waals surface area contributed by atoms with Crippen molar-refractivity contribution >= 4 is 22.3 Å². The summed E-state index contributed by atoms with van der Waals surface area (Å²) >= 11 is 0. The monoisotopic (exact) mass is 610 g/mol. The fraction of sp³-hybridized carbons (Fsp3) is 0.0323. The van der Waals surface area contributed by atoms with Crippen molar-refractivity contribution in [2.75, 3.05) is 0 Å². The van der Waals surface area contributed by atoms with Crippen molar-refractivity contribution in [3.8, 4) is 45.5 Å². The fourth-order valence-electron chi connectivity index (χ4n) is 5.55. The van der Waals surface area contributed by atoms with Gasteiger partial charge >= 0.3 is 22.3 Å². The van der Waals surface area contributed by atoms with Gasteiger partial charge in [-0.05, 0) is 48.5 Å². The highest BCUT2D eigenvalue weighted by atomic mass is 32.3. The van der Waals surface area contributed by atoms with E-state index in [1.54, 1.807) is 48.7 Å². The Bertz CT molecular complexity index is 2140. The normalized spacial score (nSPS) is 16.3. The minimum absolute atomic E-state index is 0.0196. The SMILES string of the molecule is O=C(O)c1ccc2c(c1)C(=O)OC21c2cc(-c3ccccn3)c(O)cc2Oc2cc(OS(=O)(=O)O)c(-c3ccccn3)cc21. The van der Waals surface area contributed by atoms with Gasteiger partial charge in [-0.1, -0.05) is 18.2 Å². The number of phenolic OH excluding ortho intramolecular Hbond substituents is 1. The first-order valence-corrected chi connectivity index (χ1v) is 14.3. The largest absolute Gasteiger partial charge is 0.507 e. The maximum Gasteiger partial charge on any atom is 0.446 e. The number of ether oxygens (including phenoxy) is 2. The van der Waals surface area contributed by atoms with Crippen LogP contribution in [0.5, 0.6) is 23.0 Å². The third-order valence-electron chi connectivity index (χ3n) is 7.35. The summed E-state index contributed by atoms with van der Waals surface area (Å²) in [6.07, 6.45) is 3.01. The smallest absolute Gasteiger partial charge is 0.446 e. The number of hydrogen-bond acceptors (Lipinski definition) is 10. The van der Waals surface area contributed by atoms with Gasteiger partial charge in [0.05, 0.1) is 22.5 Å². The Balaban J connectivity index is 1.57. The van der Waals surface area contributed by atoms with Gasteiger partial charge in [0.2, 0.25) is 0 Å². The van der Waals surface area contributed by atoms with E-state index >= 15 is 0 Å². The molecule has 1 atom stereocenters. The number of carbonyl (C=O) groups is 2. The van der Waals surface area contributed by atoms with Gasteiger partial charge < -0.3 is 23.9 Å². The number of carboxylic acids is 1. The number of carbonyl (C=O) groups excluding carboxylic acids is 1. The van der Waals surface area contributed by atoms with E-state index in [0.29, 0.717) is 11.3 Å². The maximum absolute atomic E-state index is 13.5. The van der Waals surface area contributed by atoms with E-state index in [4.69, 9.17) is 13.7 Å². The minimum Gasteiger partial charge on any atom is -0.507 e. The summed E-state index contributed by atoms with van der Waals surface area (Å²) in [7, 11) is -5.01. The Hall–Kier alpha value is -5.79. The highest BCUT2D eigenvalue weighted by molar-refractivity contribution is 7.81. The first-order valence-electron chi connectivity index (χ1n) is 12.9. The molecule has 218 valence electrons. The molecule has 0 bridgehead atoms. The number of benzene rings is 3. The van der Waals surface area contributed by atoms with E-state index in [0.717, 1.165) is 0 Å². The topological polar surface area (TPSA) is 182 Å². The third-order valence-corrected chi connectivity index (χ3v) is 7.74. The van der Waals surface area contributed by atoms with E-state index in [1.807, 2.05) is 0 Å². The molecule has 0 amide bonds. The summed E-state index contributed by atoms with van der Waals surface area (Å²) in [6, 6.07) is 19.5.